The van der Waals surface area contributed by atoms with Crippen molar-refractivity contribution in [3.63, 3.8) is 0 Å². The molecule has 0 spiro atoms. The second kappa shape index (κ2) is 36.6. The highest BCUT2D eigenvalue weighted by atomic mass is 16.5. The average molecular weight is 681 g/mol. The van der Waals surface area contributed by atoms with Crippen LogP contribution in [0.4, 0.5) is 0 Å². The first-order valence-electron chi connectivity index (χ1n) is 20.9. The molecule has 7 heteroatoms. The number of esters is 1. The summed E-state index contributed by atoms with van der Waals surface area (Å²) in [5.74, 6) is -1.22. The summed E-state index contributed by atoms with van der Waals surface area (Å²) in [6, 6.07) is -0.851. The van der Waals surface area contributed by atoms with Crippen LogP contribution in [-0.2, 0) is 19.1 Å². The topological polar surface area (TPSA) is 119 Å². The van der Waals surface area contributed by atoms with Crippen molar-refractivity contribution in [2.24, 2.45) is 5.73 Å². The number of nitrogens with one attached hydrogen (secondary N) is 1. The quantitative estimate of drug-likeness (QED) is 0.0441. The molecular formula is C41H80N2O5. The lowest BCUT2D eigenvalue weighted by atomic mass is 10.0. The summed E-state index contributed by atoms with van der Waals surface area (Å²) in [4.78, 5) is 36.2. The Morgan fingerprint density at radius 3 is 1.29 bits per heavy atom. The van der Waals surface area contributed by atoms with Gasteiger partial charge in [0, 0.05) is 12.8 Å². The maximum absolute atomic E-state index is 12.7. The van der Waals surface area contributed by atoms with Crippen LogP contribution in [0.2, 0.25) is 0 Å². The van der Waals surface area contributed by atoms with E-state index in [4.69, 9.17) is 10.5 Å². The molecule has 0 aromatic carbocycles. The van der Waals surface area contributed by atoms with E-state index < -0.39 is 12.0 Å². The Balaban J connectivity index is 4.22. The minimum atomic E-state index is -1.00. The molecule has 0 aliphatic rings. The van der Waals surface area contributed by atoms with Crippen molar-refractivity contribution >= 4 is 17.8 Å². The lowest BCUT2D eigenvalue weighted by Crippen LogP contribution is -2.40. The van der Waals surface area contributed by atoms with Gasteiger partial charge in [-0.2, -0.15) is 0 Å². The molecule has 0 bridgehead atoms. The second-order valence-corrected chi connectivity index (χ2v) is 14.4. The molecule has 0 rings (SSSR count). The van der Waals surface area contributed by atoms with Crippen LogP contribution in [0.1, 0.15) is 226 Å². The van der Waals surface area contributed by atoms with Crippen LogP contribution in [0.15, 0.2) is 0 Å². The van der Waals surface area contributed by atoms with Crippen molar-refractivity contribution < 1.29 is 24.2 Å². The van der Waals surface area contributed by atoms with Crippen molar-refractivity contribution in [1.82, 2.24) is 5.32 Å². The van der Waals surface area contributed by atoms with Gasteiger partial charge in [-0.15, -0.1) is 0 Å². The Bertz CT molecular complexity index is 732. The fraction of sp³-hybridized carbons (Fsp3) is 0.927. The van der Waals surface area contributed by atoms with Crippen LogP contribution in [0.5, 0.6) is 0 Å². The lowest BCUT2D eigenvalue weighted by Gasteiger charge is -2.18. The summed E-state index contributed by atoms with van der Waals surface area (Å²) in [5.41, 5.74) is 5.48. The first-order chi connectivity index (χ1) is 23.4. The molecule has 0 radical (unpaired) electrons. The number of hydrogen-bond acceptors (Lipinski definition) is 5. The van der Waals surface area contributed by atoms with Gasteiger partial charge in [-0.05, 0) is 57.9 Å². The van der Waals surface area contributed by atoms with Gasteiger partial charge in [-0.1, -0.05) is 162 Å². The molecular weight excluding hydrogens is 600 g/mol. The third-order valence-electron chi connectivity index (χ3n) is 9.67. The molecule has 7 nitrogen and oxygen atoms in total. The highest BCUT2D eigenvalue weighted by Crippen LogP contribution is 2.19. The molecule has 2 unspecified atom stereocenters. The molecule has 4 N–H and O–H groups in total. The molecule has 0 aromatic rings. The average Bonchev–Trinajstić information content (AvgIpc) is 3.07. The smallest absolute Gasteiger partial charge is 0.326 e. The van der Waals surface area contributed by atoms with Crippen molar-refractivity contribution in [1.29, 1.82) is 0 Å². The number of rotatable bonds is 38. The number of carboxylic acids is 1. The van der Waals surface area contributed by atoms with E-state index in [0.717, 1.165) is 64.2 Å². The molecule has 0 fully saturated rings. The molecule has 284 valence electrons. The molecule has 0 aliphatic carbocycles. The van der Waals surface area contributed by atoms with Gasteiger partial charge in [0.15, 0.2) is 0 Å². The SMILES string of the molecule is CCCCCCCCCCCCCCCCCC(CCCCCCCC(=O)NC(CCCN)C(=O)O)OC(=O)CCCCCCCCC. The van der Waals surface area contributed by atoms with E-state index in [1.165, 1.54) is 122 Å². The summed E-state index contributed by atoms with van der Waals surface area (Å²) in [6.07, 6.45) is 37.2. The highest BCUT2D eigenvalue weighted by molar-refractivity contribution is 5.83. The van der Waals surface area contributed by atoms with E-state index in [2.05, 4.69) is 19.2 Å². The molecule has 0 saturated heterocycles. The van der Waals surface area contributed by atoms with Crippen molar-refractivity contribution in [3.05, 3.63) is 0 Å². The predicted molar refractivity (Wildman–Crippen MR) is 202 cm³/mol. The number of nitrogens with two attached hydrogens (primary N) is 1. The van der Waals surface area contributed by atoms with Crippen LogP contribution in [0.25, 0.3) is 0 Å². The number of hydrogen-bond donors (Lipinski definition) is 3. The van der Waals surface area contributed by atoms with Crippen molar-refractivity contribution in [2.45, 2.75) is 238 Å². The number of carbonyl (C=O) groups excluding carboxylic acids is 2. The van der Waals surface area contributed by atoms with E-state index in [1.807, 2.05) is 0 Å². The monoisotopic (exact) mass is 681 g/mol. The maximum Gasteiger partial charge on any atom is 0.326 e. The minimum absolute atomic E-state index is 0.0216. The van der Waals surface area contributed by atoms with Gasteiger partial charge in [-0.25, -0.2) is 4.79 Å². The zero-order chi connectivity index (χ0) is 35.3. The standard InChI is InChI=1S/C41H80N2O5/c1-3-5-7-9-11-12-13-14-15-16-17-18-20-22-26-31-37(48-40(45)35-29-25-19-10-8-6-4-2)32-27-23-21-24-28-34-39(44)43-38(41(46)47)33-30-36-42/h37-38H,3-36,42H2,1-2H3,(H,43,44)(H,46,47). The minimum Gasteiger partial charge on any atom is -0.480 e. The van der Waals surface area contributed by atoms with Crippen molar-refractivity contribution in [3.8, 4) is 0 Å². The van der Waals surface area contributed by atoms with Crippen LogP contribution >= 0.6 is 0 Å². The Kier molecular flexibility index (Phi) is 35.4. The molecule has 1 amide bonds. The number of ether oxygens (including phenoxy) is 1. The van der Waals surface area contributed by atoms with Crippen molar-refractivity contribution in [2.75, 3.05) is 6.54 Å². The fourth-order valence-corrected chi connectivity index (χ4v) is 6.51. The largest absolute Gasteiger partial charge is 0.480 e. The number of aliphatic carboxylic acids is 1. The zero-order valence-corrected chi connectivity index (χ0v) is 31.9. The number of carboxylic acid groups (broad SMARTS) is 1. The van der Waals surface area contributed by atoms with Gasteiger partial charge in [-0.3, -0.25) is 9.59 Å². The fourth-order valence-electron chi connectivity index (χ4n) is 6.51. The summed E-state index contributed by atoms with van der Waals surface area (Å²) in [5, 5.41) is 11.9. The highest BCUT2D eigenvalue weighted by Gasteiger charge is 2.19. The predicted octanol–water partition coefficient (Wildman–Crippen LogP) is 11.3. The molecule has 48 heavy (non-hydrogen) atoms. The van der Waals surface area contributed by atoms with Gasteiger partial charge < -0.3 is 20.9 Å². The Morgan fingerprint density at radius 2 is 0.896 bits per heavy atom. The van der Waals surface area contributed by atoms with E-state index in [9.17, 15) is 19.5 Å². The van der Waals surface area contributed by atoms with Crippen LogP contribution in [0.3, 0.4) is 0 Å². The first-order valence-corrected chi connectivity index (χ1v) is 20.9. The Hall–Kier alpha value is -1.63. The summed E-state index contributed by atoms with van der Waals surface area (Å²) < 4.78 is 6.01. The molecule has 0 aromatic heterocycles. The van der Waals surface area contributed by atoms with E-state index in [-0.39, 0.29) is 18.0 Å². The summed E-state index contributed by atoms with van der Waals surface area (Å²) in [7, 11) is 0. The number of amides is 1. The van der Waals surface area contributed by atoms with Crippen LogP contribution in [0, 0.1) is 0 Å². The Labute approximate surface area is 297 Å². The second-order valence-electron chi connectivity index (χ2n) is 14.4. The third-order valence-corrected chi connectivity index (χ3v) is 9.67. The molecule has 0 saturated carbocycles. The normalized spacial score (nSPS) is 12.6. The van der Waals surface area contributed by atoms with E-state index in [1.54, 1.807) is 0 Å². The lowest BCUT2D eigenvalue weighted by molar-refractivity contribution is -0.150. The summed E-state index contributed by atoms with van der Waals surface area (Å²) in [6.45, 7) is 4.93. The van der Waals surface area contributed by atoms with Gasteiger partial charge in [0.1, 0.15) is 12.1 Å². The third kappa shape index (κ3) is 32.9. The van der Waals surface area contributed by atoms with Gasteiger partial charge in [0.05, 0.1) is 0 Å². The van der Waals surface area contributed by atoms with Crippen LogP contribution in [-0.4, -0.2) is 41.6 Å². The van der Waals surface area contributed by atoms with Gasteiger partial charge in [0.2, 0.25) is 5.91 Å². The Morgan fingerprint density at radius 1 is 0.521 bits per heavy atom. The van der Waals surface area contributed by atoms with Crippen LogP contribution < -0.4 is 11.1 Å². The molecule has 0 aliphatic heterocycles. The molecule has 2 atom stereocenters. The maximum atomic E-state index is 12.7. The van der Waals surface area contributed by atoms with E-state index >= 15 is 0 Å². The van der Waals surface area contributed by atoms with Gasteiger partial charge >= 0.3 is 11.9 Å². The van der Waals surface area contributed by atoms with E-state index in [0.29, 0.717) is 32.2 Å². The summed E-state index contributed by atoms with van der Waals surface area (Å²) >= 11 is 0. The number of unbranched alkanes of at least 4 members (excludes halogenated alkanes) is 24. The zero-order valence-electron chi connectivity index (χ0n) is 31.9. The first kappa shape index (κ1) is 46.4. The molecule has 0 heterocycles. The van der Waals surface area contributed by atoms with Gasteiger partial charge in [0.25, 0.3) is 0 Å². The number of carbonyl (C=O) groups is 3.